The van der Waals surface area contributed by atoms with Crippen LogP contribution in [0.15, 0.2) is 53.4 Å². The molecule has 32 nitrogen and oxygen atoms in total. The molecule has 850 valence electrons. The van der Waals surface area contributed by atoms with Crippen molar-refractivity contribution in [3.63, 3.8) is 0 Å². The van der Waals surface area contributed by atoms with Crippen molar-refractivity contribution in [2.45, 2.75) is 460 Å². The third-order valence-corrected chi connectivity index (χ3v) is 17.0. The van der Waals surface area contributed by atoms with Gasteiger partial charge in [0, 0.05) is 109 Å². The summed E-state index contributed by atoms with van der Waals surface area (Å²) >= 11 is 0. The molecular weight excluding hydrogens is 1890 g/mol. The fourth-order valence-electron chi connectivity index (χ4n) is 7.50. The number of carboxylic acids is 6. The molecule has 0 aliphatic heterocycles. The fourth-order valence-corrected chi connectivity index (χ4v) is 10.1. The number of benzene rings is 2. The second kappa shape index (κ2) is 198. The van der Waals surface area contributed by atoms with Crippen LogP contribution >= 0.6 is 0 Å². The van der Waals surface area contributed by atoms with Gasteiger partial charge in [-0.25, -0.2) is 22.3 Å². The quantitative estimate of drug-likeness (QED) is 0.0144. The molecule has 0 aliphatic carbocycles. The zero-order valence-electron chi connectivity index (χ0n) is 85.2. The first-order valence-corrected chi connectivity index (χ1v) is 45.9. The number of nitrogens with one attached hydrogen (secondary N) is 5. The molecule has 2 aromatic rings. The van der Waals surface area contributed by atoms with E-state index in [2.05, 4.69) is 60.8 Å². The number of sulfonamides is 2. The second-order valence-electron chi connectivity index (χ2n) is 26.4. The Bertz CT molecular complexity index is 2640. The van der Waals surface area contributed by atoms with Crippen LogP contribution in [0.25, 0.3) is 0 Å². The van der Waals surface area contributed by atoms with Crippen molar-refractivity contribution in [1.29, 1.82) is 0 Å². The number of nitrogens with zero attached hydrogens (tertiary/aromatic N) is 2. The summed E-state index contributed by atoms with van der Waals surface area (Å²) in [7, 11) is 0.320. The molecule has 0 spiro atoms. The van der Waals surface area contributed by atoms with Gasteiger partial charge in [-0.15, -0.1) is 0 Å². The average Bonchev–Trinajstić information content (AvgIpc) is 0.847. The Morgan fingerprint density at radius 1 is 0.451 bits per heavy atom. The Morgan fingerprint density at radius 3 is 1.06 bits per heavy atom. The average molecular weight is 2130 g/mol. The minimum atomic E-state index is -3.51. The first-order valence-electron chi connectivity index (χ1n) is 42.8. The summed E-state index contributed by atoms with van der Waals surface area (Å²) in [5.41, 5.74) is 6.02. The fraction of sp³-hybridized carbons (Fsp3) is 0.824. The Balaban J connectivity index is -0.0000000269. The predicted octanol–water partition coefficient (Wildman–Crippen LogP) is -2.31. The van der Waals surface area contributed by atoms with Crippen LogP contribution in [0.2, 0.25) is 0 Å². The SMILES string of the molecule is C.C.C.C.C.C.C.C.C.C.C.C.C.C.C.C.CC.CC.CC(=O)[O-].CC(C)O.CC(O)CCO.CCC.CCC(=O)[O-].CCCC.CCCCCCC(C)O.CCCCCCS(=O)(=O)N(CC)CN(CCC(=O)[O-])CC(=O)[O-].CCOCCCC(C)O.CCOCCCNC.CNCC(O)CC(ONC)c1ccc(C)cc1.CNCNS(=O)(=O)c1ccc(C)cc1.O=C([O-])CCCCC(=O)[O-].[Li+].[Li+].[Na+].[Na+].[Na+].[Na+]. The Hall–Kier alpha value is -0.285. The maximum atomic E-state index is 12.3. The van der Waals surface area contributed by atoms with E-state index < -0.39 is 68.5 Å². The van der Waals surface area contributed by atoms with Crippen molar-refractivity contribution in [2.75, 3.05) is 113 Å². The smallest absolute Gasteiger partial charge is 0.550 e. The van der Waals surface area contributed by atoms with Crippen molar-refractivity contribution in [2.24, 2.45) is 0 Å². The van der Waals surface area contributed by atoms with E-state index in [9.17, 15) is 71.4 Å². The van der Waals surface area contributed by atoms with Gasteiger partial charge in [-0.1, -0.05) is 314 Å². The number of aliphatic carboxylic acids is 6. The Kier molecular flexibility index (Phi) is 344. The Labute approximate surface area is 996 Å². The first kappa shape index (κ1) is 246. The van der Waals surface area contributed by atoms with Gasteiger partial charge in [0.2, 0.25) is 20.0 Å². The third kappa shape index (κ3) is 255. The van der Waals surface area contributed by atoms with Crippen molar-refractivity contribution < 1.29 is 277 Å². The molecule has 0 amide bonds. The number of unbranched alkanes of at least 4 members (excludes halogenated alkanes) is 8. The number of aliphatic hydroxyl groups excluding tert-OH is 6. The summed E-state index contributed by atoms with van der Waals surface area (Å²) < 4.78 is 61.4. The van der Waals surface area contributed by atoms with Gasteiger partial charge >= 0.3 is 156 Å². The first-order chi connectivity index (χ1) is 56.4. The molecule has 0 aromatic heterocycles. The number of likely N-dealkylation sites (N-methyl/N-ethyl adjacent to an activating group) is 1. The molecule has 0 saturated heterocycles. The van der Waals surface area contributed by atoms with Crippen LogP contribution in [0, 0.1) is 13.8 Å². The largest absolute Gasteiger partial charge is 1.00 e. The van der Waals surface area contributed by atoms with Gasteiger partial charge in [-0.3, -0.25) is 9.74 Å². The van der Waals surface area contributed by atoms with E-state index in [-0.39, 0.29) is 370 Å². The molecule has 0 radical (unpaired) electrons. The predicted molar refractivity (Wildman–Crippen MR) is 580 cm³/mol. The number of carboxylic acid groups (broad SMARTS) is 6. The number of hydrogen-bond acceptors (Lipinski definition) is 30. The second-order valence-corrected chi connectivity index (χ2v) is 30.2. The standard InChI is InChI=1S/C14H28N2O6S.C13H22N2O2.C9H14N2O2S.C8H18O.C7H16O2.C6H15NO.C6H10O4.C4H10O2.C4H10.C3H6O2.C3H8O.C3H8.C2H4O2.2C2H6.16CH4.2Li.4Na/c1-3-5-6-7-10-23(21,22)16(4-2)12-15(11-14(19)20)9-8-13(17)18;1-10-4-6-11(7-5-10)13(17-15-3)8-12(16)9-14-2;1-8-3-5-9(6-4-8)14(12,13)11-7-10-2;1-3-4-5-6-7-8(2)9;1-3-9-6-4-5-7(2)8;1-3-8-6-4-5-7-2;7-5(8)3-1-2-4-6(9)10;1-4(6)2-3-5;1-3-4-2;1-2-3(4)5;1-3(2)4;1-3-2;1-2(3)4;2*1-2;;;;;;;;;;;;;;;;;;;;;;/h3-12H2,1-2H3,(H,17,18)(H,19,20);4-7,12-16H,8-9H2,1-3H3;3-6,10-11H,7H2,1-2H3;8-9H,3-7H2,1-2H3;7-8H,3-6H2,1-2H3;7H,3-6H2,1-2H3;1-4H2,(H,7,8)(H,9,10);4-6H,2-3H2,1H3;3-4H2,1-2H3;2H2,1H3,(H,4,5);3-4H,1-2H3;3H2,1-2H3;1H3,(H,3,4);2*1-2H3;16*1H4;;;;;;/q;;;;;;;;;;;;;;;;;;;;;;;;;;;;;;;6*+1/p-6. The molecule has 5 atom stereocenters. The molecule has 2 rings (SSSR count). The van der Waals surface area contributed by atoms with Gasteiger partial charge in [0.05, 0.1) is 54.4 Å². The molecule has 142 heavy (non-hydrogen) atoms. The number of rotatable bonds is 49. The molecule has 0 fully saturated rings. The monoisotopic (exact) mass is 2130 g/mol. The normalized spacial score (nSPS) is 9.49. The van der Waals surface area contributed by atoms with Crippen LogP contribution in [0.5, 0.6) is 0 Å². The number of hydrogen-bond donors (Lipinski definition) is 11. The van der Waals surface area contributed by atoms with Crippen LogP contribution in [-0.4, -0.2) is 236 Å². The Morgan fingerprint density at radius 2 is 0.789 bits per heavy atom. The topological polar surface area (TPSA) is 525 Å². The summed E-state index contributed by atoms with van der Waals surface area (Å²) in [6.45, 7) is 46.3. The molecule has 40 heteroatoms. The third-order valence-electron chi connectivity index (χ3n) is 13.6. The molecular formula is C102H239Li2N7Na4O25S2. The summed E-state index contributed by atoms with van der Waals surface area (Å²) in [6, 6.07) is 14.9. The van der Waals surface area contributed by atoms with Crippen molar-refractivity contribution in [1.82, 2.24) is 35.4 Å². The molecule has 0 saturated carbocycles. The van der Waals surface area contributed by atoms with Crippen LogP contribution in [-0.2, 0) is 63.1 Å². The van der Waals surface area contributed by atoms with Crippen molar-refractivity contribution in [3.05, 3.63) is 65.2 Å². The maximum Gasteiger partial charge on any atom is 1.00 e. The van der Waals surface area contributed by atoms with E-state index in [1.54, 1.807) is 73.0 Å². The van der Waals surface area contributed by atoms with E-state index in [0.717, 1.165) is 100 Å². The van der Waals surface area contributed by atoms with Crippen LogP contribution in [0.1, 0.15) is 428 Å². The zero-order chi connectivity index (χ0) is 96.2. The van der Waals surface area contributed by atoms with Gasteiger partial charge in [0.15, 0.2) is 0 Å². The van der Waals surface area contributed by atoms with E-state index >= 15 is 0 Å². The minimum Gasteiger partial charge on any atom is -0.550 e. The van der Waals surface area contributed by atoms with Crippen LogP contribution < -0.4 is 213 Å². The maximum absolute atomic E-state index is 12.3. The van der Waals surface area contributed by atoms with Gasteiger partial charge in [-0.2, -0.15) is 9.03 Å². The summed E-state index contributed by atoms with van der Waals surface area (Å²) in [4.78, 5) is 65.9. The summed E-state index contributed by atoms with van der Waals surface area (Å²) in [5.74, 6) is -7.07. The molecule has 0 heterocycles. The van der Waals surface area contributed by atoms with E-state index in [1.165, 1.54) is 62.3 Å². The number of ether oxygens (including phenoxy) is 2. The zero-order valence-corrected chi connectivity index (χ0v) is 94.8. The van der Waals surface area contributed by atoms with E-state index in [4.69, 9.17) is 49.7 Å². The van der Waals surface area contributed by atoms with Gasteiger partial charge in [0.25, 0.3) is 0 Å². The van der Waals surface area contributed by atoms with Crippen molar-refractivity contribution in [3.8, 4) is 0 Å². The van der Waals surface area contributed by atoms with Gasteiger partial charge in [0.1, 0.15) is 6.10 Å². The van der Waals surface area contributed by atoms with E-state index in [1.807, 2.05) is 108 Å². The van der Waals surface area contributed by atoms with Crippen molar-refractivity contribution >= 4 is 55.9 Å². The number of aliphatic hydroxyl groups is 6. The number of carbonyl (C=O) groups excluding carboxylic acids is 6. The van der Waals surface area contributed by atoms with Crippen LogP contribution in [0.3, 0.4) is 0 Å². The molecule has 0 aliphatic rings. The molecule has 2 aromatic carbocycles. The molecule has 0 bridgehead atoms. The molecule has 5 unspecified atom stereocenters. The van der Waals surface area contributed by atoms with Crippen LogP contribution in [0.4, 0.5) is 0 Å². The number of aryl methyl sites for hydroxylation is 2. The summed E-state index contributed by atoms with van der Waals surface area (Å²) in [5, 5.41) is 120. The minimum absolute atomic E-state index is 0. The number of carbonyl (C=O) groups is 6. The molecule has 11 N–H and O–H groups in total. The van der Waals surface area contributed by atoms with Gasteiger partial charge < -0.3 is 115 Å². The summed E-state index contributed by atoms with van der Waals surface area (Å²) in [6.07, 6.45) is 16.2. The number of hydroxylamine groups is 1. The van der Waals surface area contributed by atoms with Gasteiger partial charge in [-0.05, 0) is 192 Å². The van der Waals surface area contributed by atoms with E-state index in [0.29, 0.717) is 43.5 Å².